The predicted octanol–water partition coefficient (Wildman–Crippen LogP) is 9.73. The molecule has 5 rings (SSSR count). The van der Waals surface area contributed by atoms with Crippen LogP contribution >= 0.6 is 0 Å². The summed E-state index contributed by atoms with van der Waals surface area (Å²) >= 11 is 0. The Balaban J connectivity index is 1.81. The Hall–Kier alpha value is -9.64. The molecular formula is C88H116N4O20. The highest BCUT2D eigenvalue weighted by molar-refractivity contribution is 5.80. The Morgan fingerprint density at radius 1 is 0.241 bits per heavy atom. The predicted molar refractivity (Wildman–Crippen MR) is 435 cm³/mol. The average Bonchev–Trinajstić information content (AvgIpc) is 0.784. The van der Waals surface area contributed by atoms with Crippen LogP contribution in [0.5, 0.6) is 23.0 Å². The number of rotatable bonds is 64. The highest BCUT2D eigenvalue weighted by Gasteiger charge is 2.38. The van der Waals surface area contributed by atoms with Gasteiger partial charge in [-0.2, -0.15) is 0 Å². The van der Waals surface area contributed by atoms with Gasteiger partial charge in [0.15, 0.2) is 26.4 Å². The fourth-order valence-electron chi connectivity index (χ4n) is 12.1. The van der Waals surface area contributed by atoms with E-state index in [0.29, 0.717) is 67.5 Å². The van der Waals surface area contributed by atoms with E-state index in [0.717, 1.165) is 0 Å². The molecule has 112 heavy (non-hydrogen) atoms. The Morgan fingerprint density at radius 2 is 0.366 bits per heavy atom. The van der Waals surface area contributed by atoms with Crippen LogP contribution in [0.25, 0.3) is 0 Å². The van der Waals surface area contributed by atoms with E-state index in [1.54, 1.807) is 72.9 Å². The van der Waals surface area contributed by atoms with Crippen LogP contribution in [-0.4, -0.2) is 231 Å². The van der Waals surface area contributed by atoms with Crippen molar-refractivity contribution in [3.63, 3.8) is 0 Å². The smallest absolute Gasteiger partial charge is 0.258 e. The molecule has 24 heteroatoms. The van der Waals surface area contributed by atoms with Gasteiger partial charge in [0, 0.05) is 25.7 Å². The summed E-state index contributed by atoms with van der Waals surface area (Å²) in [4.78, 5) is 59.2. The molecule has 0 aromatic heterocycles. The Kier molecular flexibility index (Phi) is 44.3. The lowest BCUT2D eigenvalue weighted by Gasteiger charge is -2.34. The maximum atomic E-state index is 14.8. The molecule has 0 aliphatic heterocycles. The highest BCUT2D eigenvalue weighted by Crippen LogP contribution is 2.39. The summed E-state index contributed by atoms with van der Waals surface area (Å²) in [6.45, 7) is 45.3. The van der Waals surface area contributed by atoms with Crippen molar-refractivity contribution in [2.24, 2.45) is 0 Å². The fraction of sp³-hybridized carbons (Fsp3) is 0.409. The van der Waals surface area contributed by atoms with E-state index in [2.05, 4.69) is 100 Å². The van der Waals surface area contributed by atoms with Gasteiger partial charge in [-0.25, -0.2) is 0 Å². The van der Waals surface area contributed by atoms with Gasteiger partial charge in [-0.05, 0) is 44.5 Å². The van der Waals surface area contributed by atoms with Crippen LogP contribution in [-0.2, 0) is 102 Å². The van der Waals surface area contributed by atoms with Crippen molar-refractivity contribution in [3.8, 4) is 23.0 Å². The summed E-state index contributed by atoms with van der Waals surface area (Å²) in [7, 11) is 0. The molecule has 4 aromatic carbocycles. The molecule has 4 aromatic rings. The molecular weight excluding hydrogens is 1430 g/mol. The number of hydrogen-bond acceptors (Lipinski definition) is 20. The summed E-state index contributed by atoms with van der Waals surface area (Å²) in [5, 5.41) is 12.5. The molecule has 0 saturated heterocycles. The van der Waals surface area contributed by atoms with Crippen molar-refractivity contribution in [1.29, 1.82) is 0 Å². The number of benzene rings is 4. The minimum absolute atomic E-state index is 0.0273. The number of nitrogens with one attached hydrogen (secondary N) is 4. The molecule has 0 spiro atoms. The van der Waals surface area contributed by atoms with Gasteiger partial charge >= 0.3 is 0 Å². The molecule has 0 unspecified atom stereocenters. The highest BCUT2D eigenvalue weighted by atomic mass is 16.5. The van der Waals surface area contributed by atoms with Crippen LogP contribution < -0.4 is 40.2 Å². The second-order valence-electron chi connectivity index (χ2n) is 26.4. The molecule has 4 amide bonds. The Labute approximate surface area is 661 Å². The lowest BCUT2D eigenvalue weighted by Crippen LogP contribution is -2.59. The Morgan fingerprint density at radius 3 is 0.482 bits per heavy atom. The third-order valence-corrected chi connectivity index (χ3v) is 16.6. The van der Waals surface area contributed by atoms with E-state index in [4.69, 9.17) is 75.8 Å². The normalized spacial score (nSPS) is 12.0. The van der Waals surface area contributed by atoms with Crippen LogP contribution in [0.2, 0.25) is 0 Å². The molecule has 0 heterocycles. The summed E-state index contributed by atoms with van der Waals surface area (Å²) in [5.41, 5.74) is -0.106. The Bertz CT molecular complexity index is 2990. The number of carbonyl (C=O) groups excluding carboxylic acids is 4. The molecule has 1 aliphatic rings. The van der Waals surface area contributed by atoms with Crippen LogP contribution in [0.15, 0.2) is 225 Å². The topological polar surface area (TPSA) is 264 Å². The van der Waals surface area contributed by atoms with E-state index in [1.165, 1.54) is 0 Å². The van der Waals surface area contributed by atoms with E-state index >= 15 is 0 Å². The first-order chi connectivity index (χ1) is 54.5. The molecule has 0 radical (unpaired) electrons. The maximum Gasteiger partial charge on any atom is 0.258 e. The summed E-state index contributed by atoms with van der Waals surface area (Å²) in [6.07, 6.45) is 19.5. The number of amides is 4. The maximum absolute atomic E-state index is 14.8. The van der Waals surface area contributed by atoms with E-state index in [1.807, 2.05) is 72.8 Å². The van der Waals surface area contributed by atoms with Crippen LogP contribution in [0.1, 0.15) is 44.5 Å². The van der Waals surface area contributed by atoms with E-state index < -0.39 is 72.2 Å². The summed E-state index contributed by atoms with van der Waals surface area (Å²) in [6, 6.07) is 22.6. The monoisotopic (exact) mass is 1550 g/mol. The molecule has 0 atom stereocenters. The summed E-state index contributed by atoms with van der Waals surface area (Å²) in [5.74, 6) is -0.861. The standard InChI is InChI=1S/C88H116N4O20/c1-13-37-97-57-85(58-98-38-14-2,59-99-39-15-3)89-77(93)53-109-81-69-29-25-30-70(81)50-72-32-27-34-74(83(72)111-55-79(95)91-87(63-103-43-19-7,64-104-44-20-8)65-105-45-21-9)52-76-36-28-35-75(84(76)112-56-80(96)92-88(66-106-46-22-10,67-107-47-23-11)68-108-48-24-12)51-73-33-26-31-71(49-69)82(73)110-54-78(94)90-86(60-100-40-16-4,61-101-41-17-5)62-102-42-18-6/h13-36H,1-12,37-68H2,(H,89,93)(H,90,94)(H,91,95)(H,92,96). The van der Waals surface area contributed by atoms with Crippen LogP contribution in [0.3, 0.4) is 0 Å². The second-order valence-corrected chi connectivity index (χ2v) is 26.4. The largest absolute Gasteiger partial charge is 0.483 e. The molecule has 1 aliphatic carbocycles. The minimum Gasteiger partial charge on any atom is -0.483 e. The number of ether oxygens (including phenoxy) is 16. The van der Waals surface area contributed by atoms with Gasteiger partial charge in [0.2, 0.25) is 0 Å². The van der Waals surface area contributed by atoms with Crippen molar-refractivity contribution in [2.45, 2.75) is 47.8 Å². The molecule has 608 valence electrons. The van der Waals surface area contributed by atoms with E-state index in [9.17, 15) is 19.2 Å². The fourth-order valence-corrected chi connectivity index (χ4v) is 12.1. The minimum atomic E-state index is -1.23. The number of para-hydroxylation sites is 4. The SMILES string of the molecule is C=CCOCC(COCC=C)(COCC=C)NC(=O)COc1c2cccc1Cc1cccc(c1OCC(=O)NC(COCC=C)(COCC=C)COCC=C)Cc1cccc(c1OCC(=O)NC(COCC=C)(COCC=C)COCC=C)Cc1cccc(c1OCC(=O)NC(COCC=C)(COCC=C)COCC=C)C2. The van der Waals surface area contributed by atoms with Gasteiger partial charge in [0.1, 0.15) is 45.2 Å². The third kappa shape index (κ3) is 32.6. The van der Waals surface area contributed by atoms with E-state index in [-0.39, 0.29) is 184 Å². The van der Waals surface area contributed by atoms with Gasteiger partial charge in [0.05, 0.1) is 159 Å². The molecule has 8 bridgehead atoms. The third-order valence-electron chi connectivity index (χ3n) is 16.6. The average molecular weight is 1550 g/mol. The molecule has 0 fully saturated rings. The zero-order chi connectivity index (χ0) is 81.0. The first-order valence-corrected chi connectivity index (χ1v) is 37.0. The number of carbonyl (C=O) groups is 4. The van der Waals surface area contributed by atoms with Gasteiger partial charge in [0.25, 0.3) is 23.6 Å². The first kappa shape index (κ1) is 93.0. The molecule has 4 N–H and O–H groups in total. The zero-order valence-corrected chi connectivity index (χ0v) is 65.1. The zero-order valence-electron chi connectivity index (χ0n) is 65.1. The van der Waals surface area contributed by atoms with Gasteiger partial charge in [-0.3, -0.25) is 19.2 Å². The molecule has 24 nitrogen and oxygen atoms in total. The first-order valence-electron chi connectivity index (χ1n) is 37.0. The lowest BCUT2D eigenvalue weighted by molar-refractivity contribution is -0.129. The van der Waals surface area contributed by atoms with Gasteiger partial charge in [-0.15, -0.1) is 78.9 Å². The quantitative estimate of drug-likeness (QED) is 0.0208. The van der Waals surface area contributed by atoms with Crippen molar-refractivity contribution >= 4 is 23.6 Å². The van der Waals surface area contributed by atoms with Crippen LogP contribution in [0, 0.1) is 0 Å². The van der Waals surface area contributed by atoms with Gasteiger partial charge < -0.3 is 97.1 Å². The van der Waals surface area contributed by atoms with Gasteiger partial charge in [-0.1, -0.05) is 146 Å². The van der Waals surface area contributed by atoms with Crippen molar-refractivity contribution < 1.29 is 95.0 Å². The van der Waals surface area contributed by atoms with Crippen LogP contribution in [0.4, 0.5) is 0 Å². The van der Waals surface area contributed by atoms with Crippen molar-refractivity contribution in [1.82, 2.24) is 21.3 Å². The second kappa shape index (κ2) is 53.3. The number of fused-ring (bicyclic) bond motifs is 8. The van der Waals surface area contributed by atoms with Crippen molar-refractivity contribution in [2.75, 3.05) is 185 Å². The molecule has 0 saturated carbocycles. The summed E-state index contributed by atoms with van der Waals surface area (Å²) < 4.78 is 99.5. The van der Waals surface area contributed by atoms with Crippen molar-refractivity contribution in [3.05, 3.63) is 269 Å². The lowest BCUT2D eigenvalue weighted by atomic mass is 9.91. The number of hydrogen-bond donors (Lipinski definition) is 4.